The molecule has 6 heteroatoms. The monoisotopic (exact) mass is 357 g/mol. The maximum Gasteiger partial charge on any atom is 0.162 e. The first kappa shape index (κ1) is 16.4. The molecule has 1 aliphatic heterocycles. The number of fused-ring (bicyclic) bond motifs is 1. The number of nitrogens with zero attached hydrogens (tertiary/aromatic N) is 3. The third kappa shape index (κ3) is 3.22. The minimum atomic E-state index is 0.123. The molecule has 0 saturated carbocycles. The Hall–Kier alpha value is -2.11. The Morgan fingerprint density at radius 1 is 1.32 bits per heavy atom. The van der Waals surface area contributed by atoms with E-state index in [0.29, 0.717) is 22.2 Å². The minimum absolute atomic E-state index is 0.123. The summed E-state index contributed by atoms with van der Waals surface area (Å²) in [5.74, 6) is 0.644. The number of halogens is 1. The molecule has 130 valence electrons. The first-order valence-corrected chi connectivity index (χ1v) is 8.89. The number of ether oxygens (including phenoxy) is 1. The van der Waals surface area contributed by atoms with Crippen molar-refractivity contribution >= 4 is 22.6 Å². The van der Waals surface area contributed by atoms with E-state index in [1.165, 1.54) is 12.5 Å². The molecule has 0 radical (unpaired) electrons. The fourth-order valence-electron chi connectivity index (χ4n) is 3.54. The largest absolute Gasteiger partial charge is 0.507 e. The summed E-state index contributed by atoms with van der Waals surface area (Å²) in [6, 6.07) is 7.35. The molecule has 0 bridgehead atoms. The summed E-state index contributed by atoms with van der Waals surface area (Å²) in [5, 5.41) is 20.5. The van der Waals surface area contributed by atoms with Gasteiger partial charge in [-0.3, -0.25) is 0 Å². The maximum absolute atomic E-state index is 10.2. The van der Waals surface area contributed by atoms with E-state index in [-0.39, 0.29) is 5.75 Å². The van der Waals surface area contributed by atoms with Crippen LogP contribution in [0.15, 0.2) is 30.5 Å². The van der Waals surface area contributed by atoms with Gasteiger partial charge in [0.05, 0.1) is 12.3 Å². The van der Waals surface area contributed by atoms with Crippen molar-refractivity contribution in [2.24, 2.45) is 5.92 Å². The molecular formula is C19H20ClN3O2. The van der Waals surface area contributed by atoms with Crippen LogP contribution in [0.1, 0.15) is 18.4 Å². The van der Waals surface area contributed by atoms with Crippen LogP contribution in [0.25, 0.3) is 22.3 Å². The van der Waals surface area contributed by atoms with E-state index in [1.54, 1.807) is 0 Å². The van der Waals surface area contributed by atoms with Crippen molar-refractivity contribution < 1.29 is 9.84 Å². The number of phenols is 1. The van der Waals surface area contributed by atoms with Crippen LogP contribution in [0.5, 0.6) is 5.75 Å². The lowest BCUT2D eigenvalue weighted by Crippen LogP contribution is -2.21. The number of aromatic nitrogens is 3. The highest BCUT2D eigenvalue weighted by atomic mass is 35.5. The normalized spacial score (nSPS) is 17.9. The van der Waals surface area contributed by atoms with Gasteiger partial charge in [0.2, 0.25) is 0 Å². The molecular weight excluding hydrogens is 338 g/mol. The molecule has 1 unspecified atom stereocenters. The van der Waals surface area contributed by atoms with Crippen molar-refractivity contribution in [3.63, 3.8) is 0 Å². The molecule has 1 aliphatic rings. The number of rotatable bonds is 3. The fraction of sp³-hybridized carbons (Fsp3) is 0.368. The van der Waals surface area contributed by atoms with Crippen LogP contribution in [0.3, 0.4) is 0 Å². The van der Waals surface area contributed by atoms with Crippen molar-refractivity contribution in [2.75, 3.05) is 13.2 Å². The number of phenolic OH excluding ortho intramolecular Hbond substituents is 1. The van der Waals surface area contributed by atoms with Gasteiger partial charge in [-0.05, 0) is 49.6 Å². The summed E-state index contributed by atoms with van der Waals surface area (Å²) in [6.07, 6.45) is 4.35. The highest BCUT2D eigenvalue weighted by molar-refractivity contribution is 6.31. The molecule has 1 N–H and O–H groups in total. The van der Waals surface area contributed by atoms with Gasteiger partial charge in [-0.15, -0.1) is 10.2 Å². The number of hydrogen-bond donors (Lipinski definition) is 1. The van der Waals surface area contributed by atoms with E-state index >= 15 is 0 Å². The van der Waals surface area contributed by atoms with Crippen LogP contribution in [-0.2, 0) is 11.3 Å². The summed E-state index contributed by atoms with van der Waals surface area (Å²) >= 11 is 5.99. The van der Waals surface area contributed by atoms with Gasteiger partial charge < -0.3 is 14.4 Å². The third-order valence-electron chi connectivity index (χ3n) is 4.75. The summed E-state index contributed by atoms with van der Waals surface area (Å²) in [5.41, 5.74) is 3.06. The maximum atomic E-state index is 10.2. The Kier molecular flexibility index (Phi) is 4.36. The molecule has 1 fully saturated rings. The summed E-state index contributed by atoms with van der Waals surface area (Å²) in [7, 11) is 0. The predicted molar refractivity (Wildman–Crippen MR) is 97.9 cm³/mol. The third-order valence-corrected chi connectivity index (χ3v) is 4.97. The van der Waals surface area contributed by atoms with Gasteiger partial charge in [0.25, 0.3) is 0 Å². The molecule has 2 aromatic heterocycles. The van der Waals surface area contributed by atoms with Gasteiger partial charge in [-0.25, -0.2) is 0 Å². The van der Waals surface area contributed by atoms with E-state index in [1.807, 2.05) is 31.3 Å². The molecule has 5 nitrogen and oxygen atoms in total. The Morgan fingerprint density at radius 3 is 2.96 bits per heavy atom. The Morgan fingerprint density at radius 2 is 2.20 bits per heavy atom. The Bertz CT molecular complexity index is 893. The molecule has 4 rings (SSSR count). The zero-order chi connectivity index (χ0) is 17.4. The van der Waals surface area contributed by atoms with Crippen LogP contribution in [0.2, 0.25) is 5.02 Å². The van der Waals surface area contributed by atoms with E-state index in [4.69, 9.17) is 16.3 Å². The van der Waals surface area contributed by atoms with E-state index in [0.717, 1.165) is 42.8 Å². The minimum Gasteiger partial charge on any atom is -0.507 e. The van der Waals surface area contributed by atoms with Gasteiger partial charge in [-0.2, -0.15) is 0 Å². The SMILES string of the molecule is Cc1cc(Cl)cc(O)c1-c1cc2ccn(CC3CCCOC3)c2nn1. The van der Waals surface area contributed by atoms with Gasteiger partial charge in [0.15, 0.2) is 5.65 Å². The molecule has 1 saturated heterocycles. The van der Waals surface area contributed by atoms with Crippen LogP contribution < -0.4 is 0 Å². The molecule has 0 aliphatic carbocycles. The molecule has 3 aromatic rings. The number of hydrogen-bond acceptors (Lipinski definition) is 4. The van der Waals surface area contributed by atoms with E-state index < -0.39 is 0 Å². The summed E-state index contributed by atoms with van der Waals surface area (Å²) in [6.45, 7) is 4.48. The zero-order valence-corrected chi connectivity index (χ0v) is 14.8. The molecule has 3 heterocycles. The molecule has 25 heavy (non-hydrogen) atoms. The van der Waals surface area contributed by atoms with Gasteiger partial charge in [0.1, 0.15) is 5.75 Å². The number of benzene rings is 1. The second-order valence-corrected chi connectivity index (χ2v) is 7.11. The topological polar surface area (TPSA) is 60.2 Å². The average Bonchev–Trinajstić information content (AvgIpc) is 2.97. The van der Waals surface area contributed by atoms with E-state index in [9.17, 15) is 5.11 Å². The van der Waals surface area contributed by atoms with Crippen LogP contribution in [0, 0.1) is 12.8 Å². The van der Waals surface area contributed by atoms with Crippen molar-refractivity contribution in [1.29, 1.82) is 0 Å². The second-order valence-electron chi connectivity index (χ2n) is 6.68. The van der Waals surface area contributed by atoms with Gasteiger partial charge in [0, 0.05) is 41.2 Å². The second kappa shape index (κ2) is 6.65. The standard InChI is InChI=1S/C19H20ClN3O2/c1-12-7-15(20)9-17(24)18(12)16-8-14-4-5-23(19(14)22-21-16)10-13-3-2-6-25-11-13/h4-5,7-9,13,24H,2-3,6,10-11H2,1H3. The lowest BCUT2D eigenvalue weighted by atomic mass is 10.0. The van der Waals surface area contributed by atoms with Crippen molar-refractivity contribution in [2.45, 2.75) is 26.3 Å². The Labute approximate surface area is 151 Å². The quantitative estimate of drug-likeness (QED) is 0.763. The van der Waals surface area contributed by atoms with Crippen molar-refractivity contribution in [1.82, 2.24) is 14.8 Å². The van der Waals surface area contributed by atoms with Crippen molar-refractivity contribution in [3.8, 4) is 17.0 Å². The lowest BCUT2D eigenvalue weighted by molar-refractivity contribution is 0.0488. The van der Waals surface area contributed by atoms with Crippen LogP contribution in [0.4, 0.5) is 0 Å². The van der Waals surface area contributed by atoms with Gasteiger partial charge >= 0.3 is 0 Å². The summed E-state index contributed by atoms with van der Waals surface area (Å²) in [4.78, 5) is 0. The smallest absolute Gasteiger partial charge is 0.162 e. The first-order chi connectivity index (χ1) is 12.1. The predicted octanol–water partition coefficient (Wildman–Crippen LogP) is 4.19. The molecule has 0 amide bonds. The highest BCUT2D eigenvalue weighted by Gasteiger charge is 2.17. The Balaban J connectivity index is 1.68. The summed E-state index contributed by atoms with van der Waals surface area (Å²) < 4.78 is 7.71. The average molecular weight is 358 g/mol. The van der Waals surface area contributed by atoms with Crippen LogP contribution in [-0.4, -0.2) is 33.1 Å². The molecule has 1 aromatic carbocycles. The fourth-order valence-corrected chi connectivity index (χ4v) is 3.81. The first-order valence-electron chi connectivity index (χ1n) is 8.51. The zero-order valence-electron chi connectivity index (χ0n) is 14.1. The van der Waals surface area contributed by atoms with Gasteiger partial charge in [-0.1, -0.05) is 11.6 Å². The number of aromatic hydroxyl groups is 1. The van der Waals surface area contributed by atoms with Crippen LogP contribution >= 0.6 is 11.6 Å². The molecule has 0 spiro atoms. The van der Waals surface area contributed by atoms with E-state index in [2.05, 4.69) is 14.8 Å². The van der Waals surface area contributed by atoms with Crippen molar-refractivity contribution in [3.05, 3.63) is 41.0 Å². The lowest BCUT2D eigenvalue weighted by Gasteiger charge is -2.22. The highest BCUT2D eigenvalue weighted by Crippen LogP contribution is 2.34. The number of aryl methyl sites for hydroxylation is 1. The molecule has 1 atom stereocenters.